The molecule has 1 saturated heterocycles. The minimum atomic E-state index is -0.323. The standard InChI is InChI=1S/C17H33N3O/c1-3-4-16(18)17(21)19-14-5-7-15(8-6-14)20-11-9-13(2)10-12-20/h13-16H,3-12,18H2,1-2H3,(H,19,21). The number of carbonyl (C=O) groups excluding carboxylic acids is 1. The van der Waals surface area contributed by atoms with Gasteiger partial charge in [0.25, 0.3) is 0 Å². The molecule has 1 atom stereocenters. The first-order valence-electron chi connectivity index (χ1n) is 8.90. The Kier molecular flexibility index (Phi) is 6.49. The lowest BCUT2D eigenvalue weighted by Gasteiger charge is -2.40. The van der Waals surface area contributed by atoms with Crippen LogP contribution in [0.1, 0.15) is 65.2 Å². The molecule has 0 radical (unpaired) electrons. The molecule has 0 spiro atoms. The summed E-state index contributed by atoms with van der Waals surface area (Å²) in [5.74, 6) is 0.948. The molecule has 3 N–H and O–H groups in total. The highest BCUT2D eigenvalue weighted by molar-refractivity contribution is 5.81. The van der Waals surface area contributed by atoms with Gasteiger partial charge in [-0.25, -0.2) is 0 Å². The van der Waals surface area contributed by atoms with Gasteiger partial charge >= 0.3 is 0 Å². The second-order valence-electron chi connectivity index (χ2n) is 7.13. The first-order valence-corrected chi connectivity index (χ1v) is 8.90. The monoisotopic (exact) mass is 295 g/mol. The molecule has 1 aliphatic heterocycles. The number of likely N-dealkylation sites (tertiary alicyclic amines) is 1. The Hall–Kier alpha value is -0.610. The predicted octanol–water partition coefficient (Wildman–Crippen LogP) is 2.27. The largest absolute Gasteiger partial charge is 0.352 e. The molecule has 2 aliphatic rings. The normalized spacial score (nSPS) is 30.0. The number of hydrogen-bond donors (Lipinski definition) is 2. The maximum Gasteiger partial charge on any atom is 0.237 e. The van der Waals surface area contributed by atoms with E-state index in [-0.39, 0.29) is 11.9 Å². The molecule has 1 aliphatic carbocycles. The van der Waals surface area contributed by atoms with Crippen LogP contribution in [0.3, 0.4) is 0 Å². The molecule has 1 heterocycles. The fraction of sp³-hybridized carbons (Fsp3) is 0.941. The van der Waals surface area contributed by atoms with Gasteiger partial charge in [0.2, 0.25) is 5.91 Å². The van der Waals surface area contributed by atoms with Gasteiger partial charge in [-0.3, -0.25) is 4.79 Å². The van der Waals surface area contributed by atoms with E-state index in [9.17, 15) is 4.79 Å². The summed E-state index contributed by atoms with van der Waals surface area (Å²) >= 11 is 0. The summed E-state index contributed by atoms with van der Waals surface area (Å²) in [6.07, 6.45) is 9.13. The smallest absolute Gasteiger partial charge is 0.237 e. The minimum Gasteiger partial charge on any atom is -0.352 e. The Bertz CT molecular complexity index is 318. The number of carbonyl (C=O) groups is 1. The third kappa shape index (κ3) is 4.96. The van der Waals surface area contributed by atoms with E-state index in [0.29, 0.717) is 6.04 Å². The zero-order chi connectivity index (χ0) is 15.2. The van der Waals surface area contributed by atoms with Crippen LogP contribution in [0, 0.1) is 5.92 Å². The lowest BCUT2D eigenvalue weighted by molar-refractivity contribution is -0.123. The quantitative estimate of drug-likeness (QED) is 0.818. The van der Waals surface area contributed by atoms with Gasteiger partial charge in [0.1, 0.15) is 0 Å². The molecule has 0 bridgehead atoms. The molecule has 1 saturated carbocycles. The first-order chi connectivity index (χ1) is 10.1. The van der Waals surface area contributed by atoms with Gasteiger partial charge < -0.3 is 16.0 Å². The van der Waals surface area contributed by atoms with Crippen molar-refractivity contribution in [3.05, 3.63) is 0 Å². The number of rotatable bonds is 5. The van der Waals surface area contributed by atoms with Crippen LogP contribution in [0.2, 0.25) is 0 Å². The molecule has 1 amide bonds. The van der Waals surface area contributed by atoms with E-state index >= 15 is 0 Å². The predicted molar refractivity (Wildman–Crippen MR) is 87.0 cm³/mol. The second-order valence-corrected chi connectivity index (χ2v) is 7.13. The minimum absolute atomic E-state index is 0.0482. The average molecular weight is 295 g/mol. The summed E-state index contributed by atoms with van der Waals surface area (Å²) in [6, 6.07) is 0.770. The Labute approximate surface area is 129 Å². The number of hydrogen-bond acceptors (Lipinski definition) is 3. The van der Waals surface area contributed by atoms with Gasteiger partial charge in [0.05, 0.1) is 6.04 Å². The van der Waals surface area contributed by atoms with E-state index in [0.717, 1.165) is 37.6 Å². The van der Waals surface area contributed by atoms with Crippen molar-refractivity contribution >= 4 is 5.91 Å². The maximum absolute atomic E-state index is 12.0. The number of nitrogens with two attached hydrogens (primary N) is 1. The molecule has 0 aromatic heterocycles. The van der Waals surface area contributed by atoms with Crippen LogP contribution >= 0.6 is 0 Å². The highest BCUT2D eigenvalue weighted by Crippen LogP contribution is 2.27. The Morgan fingerprint density at radius 3 is 2.38 bits per heavy atom. The Balaban J connectivity index is 1.69. The van der Waals surface area contributed by atoms with Crippen LogP contribution in [0.15, 0.2) is 0 Å². The third-order valence-corrected chi connectivity index (χ3v) is 5.31. The molecule has 0 aromatic rings. The molecule has 1 unspecified atom stereocenters. The van der Waals surface area contributed by atoms with Gasteiger partial charge in [-0.1, -0.05) is 20.3 Å². The molecule has 2 fully saturated rings. The van der Waals surface area contributed by atoms with Crippen molar-refractivity contribution in [3.8, 4) is 0 Å². The van der Waals surface area contributed by atoms with Crippen LogP contribution in [0.5, 0.6) is 0 Å². The van der Waals surface area contributed by atoms with Crippen LogP contribution in [-0.2, 0) is 4.79 Å². The SMILES string of the molecule is CCCC(N)C(=O)NC1CCC(N2CCC(C)CC2)CC1. The van der Waals surface area contributed by atoms with Gasteiger partial charge in [0, 0.05) is 12.1 Å². The summed E-state index contributed by atoms with van der Waals surface area (Å²) in [7, 11) is 0. The molecule has 2 rings (SSSR count). The van der Waals surface area contributed by atoms with E-state index in [1.54, 1.807) is 0 Å². The van der Waals surface area contributed by atoms with Crippen molar-refractivity contribution in [2.45, 2.75) is 83.3 Å². The van der Waals surface area contributed by atoms with Crippen molar-refractivity contribution in [2.24, 2.45) is 11.7 Å². The van der Waals surface area contributed by atoms with E-state index in [4.69, 9.17) is 5.73 Å². The average Bonchev–Trinajstić information content (AvgIpc) is 2.49. The highest BCUT2D eigenvalue weighted by Gasteiger charge is 2.29. The summed E-state index contributed by atoms with van der Waals surface area (Å²) in [6.45, 7) is 6.97. The van der Waals surface area contributed by atoms with Crippen LogP contribution in [0.4, 0.5) is 0 Å². The summed E-state index contributed by atoms with van der Waals surface area (Å²) in [4.78, 5) is 14.7. The number of nitrogens with zero attached hydrogens (tertiary/aromatic N) is 1. The fourth-order valence-electron chi connectivity index (χ4n) is 3.73. The lowest BCUT2D eigenvalue weighted by atomic mass is 9.88. The maximum atomic E-state index is 12.0. The molecular formula is C17H33N3O. The van der Waals surface area contributed by atoms with Gasteiger partial charge in [-0.15, -0.1) is 0 Å². The Morgan fingerprint density at radius 1 is 1.19 bits per heavy atom. The Morgan fingerprint density at radius 2 is 1.81 bits per heavy atom. The van der Waals surface area contributed by atoms with E-state index in [2.05, 4.69) is 24.1 Å². The third-order valence-electron chi connectivity index (χ3n) is 5.31. The zero-order valence-electron chi connectivity index (χ0n) is 13.8. The van der Waals surface area contributed by atoms with Gasteiger partial charge in [-0.2, -0.15) is 0 Å². The highest BCUT2D eigenvalue weighted by atomic mass is 16.2. The van der Waals surface area contributed by atoms with Crippen molar-refractivity contribution in [2.75, 3.05) is 13.1 Å². The van der Waals surface area contributed by atoms with Crippen LogP contribution < -0.4 is 11.1 Å². The molecular weight excluding hydrogens is 262 g/mol. The zero-order valence-corrected chi connectivity index (χ0v) is 13.8. The topological polar surface area (TPSA) is 58.4 Å². The molecule has 4 nitrogen and oxygen atoms in total. The van der Waals surface area contributed by atoms with E-state index < -0.39 is 0 Å². The van der Waals surface area contributed by atoms with Crippen LogP contribution in [-0.4, -0.2) is 42.0 Å². The molecule has 0 aromatic carbocycles. The molecule has 4 heteroatoms. The lowest BCUT2D eigenvalue weighted by Crippen LogP contribution is -2.49. The first kappa shape index (κ1) is 16.8. The van der Waals surface area contributed by atoms with E-state index in [1.807, 2.05) is 0 Å². The summed E-state index contributed by atoms with van der Waals surface area (Å²) in [5.41, 5.74) is 5.88. The van der Waals surface area contributed by atoms with E-state index in [1.165, 1.54) is 38.8 Å². The number of piperidine rings is 1. The van der Waals surface area contributed by atoms with Crippen LogP contribution in [0.25, 0.3) is 0 Å². The number of amides is 1. The fourth-order valence-corrected chi connectivity index (χ4v) is 3.73. The van der Waals surface area contributed by atoms with Crippen molar-refractivity contribution in [1.29, 1.82) is 0 Å². The molecule has 122 valence electrons. The van der Waals surface area contributed by atoms with Gasteiger partial charge in [-0.05, 0) is 64.0 Å². The molecule has 21 heavy (non-hydrogen) atoms. The van der Waals surface area contributed by atoms with Crippen molar-refractivity contribution < 1.29 is 4.79 Å². The van der Waals surface area contributed by atoms with Crippen molar-refractivity contribution in [1.82, 2.24) is 10.2 Å². The summed E-state index contributed by atoms with van der Waals surface area (Å²) < 4.78 is 0. The second kappa shape index (κ2) is 8.14. The van der Waals surface area contributed by atoms with Gasteiger partial charge in [0.15, 0.2) is 0 Å². The summed E-state index contributed by atoms with van der Waals surface area (Å²) in [5, 5.41) is 3.15. The van der Waals surface area contributed by atoms with Crippen molar-refractivity contribution in [3.63, 3.8) is 0 Å². The number of nitrogens with one attached hydrogen (secondary N) is 1.